The van der Waals surface area contributed by atoms with Crippen molar-refractivity contribution in [2.75, 3.05) is 7.11 Å². The molecule has 0 aliphatic rings. The number of carbonyl (C=O) groups is 1. The molecular formula is C4H7O2. The second-order valence-electron chi connectivity index (χ2n) is 0.826. The molecular weight excluding hydrogens is 80.0 g/mol. The highest BCUT2D eigenvalue weighted by Crippen LogP contribution is 1.75. The van der Waals surface area contributed by atoms with Gasteiger partial charge < -0.3 is 4.74 Å². The molecule has 0 spiro atoms. The predicted octanol–water partition coefficient (Wildman–Crippen LogP) is 0.384. The quantitative estimate of drug-likeness (QED) is 0.432. The van der Waals surface area contributed by atoms with Crippen LogP contribution in [0.2, 0.25) is 0 Å². The van der Waals surface area contributed by atoms with E-state index in [4.69, 9.17) is 0 Å². The van der Waals surface area contributed by atoms with Crippen molar-refractivity contribution in [3.8, 4) is 0 Å². The summed E-state index contributed by atoms with van der Waals surface area (Å²) in [6.45, 7) is 3.28. The van der Waals surface area contributed by atoms with Crippen LogP contribution in [0.5, 0.6) is 0 Å². The largest absolute Gasteiger partial charge is 0.469 e. The minimum absolute atomic E-state index is 0.219. The van der Waals surface area contributed by atoms with Crippen molar-refractivity contribution in [1.29, 1.82) is 0 Å². The third-order valence-electron chi connectivity index (χ3n) is 0.432. The summed E-state index contributed by atoms with van der Waals surface area (Å²) in [4.78, 5) is 9.90. The van der Waals surface area contributed by atoms with Gasteiger partial charge in [-0.15, -0.1) is 0 Å². The standard InChI is InChI=1S/C4H7O2/c1-3-4(5)6-2/h1,3H2,2H3. The van der Waals surface area contributed by atoms with Crippen LogP contribution >= 0.6 is 0 Å². The highest BCUT2D eigenvalue weighted by Gasteiger charge is 1.87. The smallest absolute Gasteiger partial charge is 0.305 e. The number of ether oxygens (including phenoxy) is 1. The molecule has 0 aromatic carbocycles. The van der Waals surface area contributed by atoms with Gasteiger partial charge >= 0.3 is 5.97 Å². The lowest BCUT2D eigenvalue weighted by atomic mass is 10.5. The number of hydrogen-bond donors (Lipinski definition) is 0. The van der Waals surface area contributed by atoms with Gasteiger partial charge in [0, 0.05) is 6.42 Å². The average Bonchev–Trinajstić information content (AvgIpc) is 1.65. The highest BCUT2D eigenvalue weighted by atomic mass is 16.5. The molecule has 1 radical (unpaired) electrons. The van der Waals surface area contributed by atoms with Gasteiger partial charge in [0.15, 0.2) is 0 Å². The van der Waals surface area contributed by atoms with Gasteiger partial charge in [0.25, 0.3) is 0 Å². The number of hydrogen-bond acceptors (Lipinski definition) is 2. The summed E-state index contributed by atoms with van der Waals surface area (Å²) >= 11 is 0. The van der Waals surface area contributed by atoms with Gasteiger partial charge in [-0.05, 0) is 6.92 Å². The topological polar surface area (TPSA) is 26.3 Å². The Morgan fingerprint density at radius 1 is 2.00 bits per heavy atom. The van der Waals surface area contributed by atoms with E-state index in [9.17, 15) is 4.79 Å². The van der Waals surface area contributed by atoms with E-state index in [0.717, 1.165) is 0 Å². The maximum absolute atomic E-state index is 9.90. The Morgan fingerprint density at radius 2 is 2.50 bits per heavy atom. The summed E-state index contributed by atoms with van der Waals surface area (Å²) in [6, 6.07) is 0. The van der Waals surface area contributed by atoms with Crippen molar-refractivity contribution < 1.29 is 9.53 Å². The van der Waals surface area contributed by atoms with Crippen molar-refractivity contribution >= 4 is 5.97 Å². The summed E-state index contributed by atoms with van der Waals surface area (Å²) in [6.07, 6.45) is 0.219. The molecule has 6 heavy (non-hydrogen) atoms. The third kappa shape index (κ3) is 1.76. The summed E-state index contributed by atoms with van der Waals surface area (Å²) < 4.78 is 4.20. The molecule has 0 heterocycles. The van der Waals surface area contributed by atoms with Crippen LogP contribution in [0.4, 0.5) is 0 Å². The molecule has 0 amide bonds. The number of methoxy groups -OCH3 is 1. The molecule has 0 rings (SSSR count). The van der Waals surface area contributed by atoms with E-state index in [1.54, 1.807) is 0 Å². The molecule has 0 bridgehead atoms. The van der Waals surface area contributed by atoms with Gasteiger partial charge in [-0.3, -0.25) is 4.79 Å². The van der Waals surface area contributed by atoms with Crippen LogP contribution in [0, 0.1) is 6.92 Å². The molecule has 0 aliphatic heterocycles. The molecule has 0 saturated heterocycles. The van der Waals surface area contributed by atoms with E-state index in [1.165, 1.54) is 7.11 Å². The van der Waals surface area contributed by atoms with E-state index in [1.807, 2.05) is 0 Å². The molecule has 0 fully saturated rings. The molecule has 0 unspecified atom stereocenters. The normalized spacial score (nSPS) is 7.67. The number of esters is 1. The molecule has 0 atom stereocenters. The maximum atomic E-state index is 9.90. The van der Waals surface area contributed by atoms with Gasteiger partial charge in [0.05, 0.1) is 7.11 Å². The first-order chi connectivity index (χ1) is 2.81. The molecule has 35 valence electrons. The Balaban J connectivity index is 2.99. The molecule has 0 aromatic rings. The minimum atomic E-state index is -0.269. The van der Waals surface area contributed by atoms with Crippen molar-refractivity contribution in [3.63, 3.8) is 0 Å². The fourth-order valence-corrected chi connectivity index (χ4v) is 0.102. The van der Waals surface area contributed by atoms with E-state index in [2.05, 4.69) is 11.7 Å². The Hall–Kier alpha value is -0.530. The average molecular weight is 87.1 g/mol. The van der Waals surface area contributed by atoms with Gasteiger partial charge in [0.1, 0.15) is 0 Å². The Labute approximate surface area is 37.1 Å². The van der Waals surface area contributed by atoms with Crippen molar-refractivity contribution in [2.45, 2.75) is 6.42 Å². The van der Waals surface area contributed by atoms with E-state index >= 15 is 0 Å². The zero-order chi connectivity index (χ0) is 4.99. The van der Waals surface area contributed by atoms with Crippen LogP contribution in [0.15, 0.2) is 0 Å². The van der Waals surface area contributed by atoms with Gasteiger partial charge in [-0.25, -0.2) is 0 Å². The zero-order valence-corrected chi connectivity index (χ0v) is 3.73. The second kappa shape index (κ2) is 2.69. The predicted molar refractivity (Wildman–Crippen MR) is 22.0 cm³/mol. The summed E-state index contributed by atoms with van der Waals surface area (Å²) in [5, 5.41) is 0. The van der Waals surface area contributed by atoms with Crippen LogP contribution in [0.25, 0.3) is 0 Å². The van der Waals surface area contributed by atoms with Crippen molar-refractivity contribution in [2.24, 2.45) is 0 Å². The fraction of sp³-hybridized carbons (Fsp3) is 0.500. The molecule has 0 aromatic heterocycles. The number of carbonyl (C=O) groups excluding carboxylic acids is 1. The van der Waals surface area contributed by atoms with Crippen LogP contribution in [-0.2, 0) is 9.53 Å². The minimum Gasteiger partial charge on any atom is -0.469 e. The van der Waals surface area contributed by atoms with E-state index in [0.29, 0.717) is 0 Å². The molecule has 2 heteroatoms. The van der Waals surface area contributed by atoms with Gasteiger partial charge in [-0.2, -0.15) is 0 Å². The monoisotopic (exact) mass is 87.0 g/mol. The third-order valence-corrected chi connectivity index (χ3v) is 0.432. The van der Waals surface area contributed by atoms with Crippen LogP contribution < -0.4 is 0 Å². The molecule has 0 saturated carbocycles. The fourth-order valence-electron chi connectivity index (χ4n) is 0.102. The zero-order valence-electron chi connectivity index (χ0n) is 3.73. The van der Waals surface area contributed by atoms with Crippen LogP contribution in [0.1, 0.15) is 6.42 Å². The summed E-state index contributed by atoms with van der Waals surface area (Å²) in [5.41, 5.74) is 0. The maximum Gasteiger partial charge on any atom is 0.305 e. The van der Waals surface area contributed by atoms with Crippen molar-refractivity contribution in [1.82, 2.24) is 0 Å². The SMILES string of the molecule is [CH2]CC(=O)OC. The first-order valence-electron chi connectivity index (χ1n) is 1.67. The van der Waals surface area contributed by atoms with Crippen LogP contribution in [0.3, 0.4) is 0 Å². The first kappa shape index (κ1) is 5.47. The van der Waals surface area contributed by atoms with Crippen molar-refractivity contribution in [3.05, 3.63) is 6.92 Å². The second-order valence-corrected chi connectivity index (χ2v) is 0.826. The number of rotatable bonds is 1. The van der Waals surface area contributed by atoms with E-state index in [-0.39, 0.29) is 12.4 Å². The summed E-state index contributed by atoms with van der Waals surface area (Å²) in [7, 11) is 1.34. The van der Waals surface area contributed by atoms with Gasteiger partial charge in [0.2, 0.25) is 0 Å². The molecule has 0 N–H and O–H groups in total. The van der Waals surface area contributed by atoms with E-state index < -0.39 is 0 Å². The lowest BCUT2D eigenvalue weighted by Gasteiger charge is -1.87. The Kier molecular flexibility index (Phi) is 2.46. The first-order valence-corrected chi connectivity index (χ1v) is 1.67. The van der Waals surface area contributed by atoms with Gasteiger partial charge in [-0.1, -0.05) is 0 Å². The summed E-state index contributed by atoms with van der Waals surface area (Å²) in [5.74, 6) is -0.269. The van der Waals surface area contributed by atoms with Crippen LogP contribution in [-0.4, -0.2) is 13.1 Å². The Morgan fingerprint density at radius 3 is 2.50 bits per heavy atom. The lowest BCUT2D eigenvalue weighted by Crippen LogP contribution is -1.95. The lowest BCUT2D eigenvalue weighted by molar-refractivity contribution is -0.139. The molecule has 2 nitrogen and oxygen atoms in total. The Bertz CT molecular complexity index is 43.5. The molecule has 0 aliphatic carbocycles. The highest BCUT2D eigenvalue weighted by molar-refractivity contribution is 5.69.